The van der Waals surface area contributed by atoms with E-state index in [4.69, 9.17) is 16.7 Å². The molecule has 0 spiro atoms. The van der Waals surface area contributed by atoms with E-state index in [0.717, 1.165) is 12.8 Å². The van der Waals surface area contributed by atoms with Crippen LogP contribution < -0.4 is 5.32 Å². The summed E-state index contributed by atoms with van der Waals surface area (Å²) in [6.45, 7) is 2.00. The van der Waals surface area contributed by atoms with Crippen LogP contribution in [-0.2, 0) is 4.79 Å². The Morgan fingerprint density at radius 2 is 2.23 bits per heavy atom. The lowest BCUT2D eigenvalue weighted by molar-refractivity contribution is -0.121. The van der Waals surface area contributed by atoms with Crippen LogP contribution in [0.1, 0.15) is 32.6 Å². The summed E-state index contributed by atoms with van der Waals surface area (Å²) < 4.78 is 0. The van der Waals surface area contributed by atoms with Crippen molar-refractivity contribution in [2.45, 2.75) is 38.6 Å². The minimum atomic E-state index is 0.0473. The van der Waals surface area contributed by atoms with Gasteiger partial charge in [0.15, 0.2) is 0 Å². The number of carbonyl (C=O) groups is 1. The first kappa shape index (κ1) is 12.7. The molecule has 0 heterocycles. The zero-order valence-corrected chi connectivity index (χ0v) is 8.81. The second kappa shape index (κ2) is 8.32. The Morgan fingerprint density at radius 3 is 2.77 bits per heavy atom. The van der Waals surface area contributed by atoms with Crippen molar-refractivity contribution in [2.75, 3.05) is 12.5 Å². The van der Waals surface area contributed by atoms with Gasteiger partial charge in [0.05, 0.1) is 0 Å². The number of hydrogen-bond acceptors (Lipinski definition) is 2. The minimum absolute atomic E-state index is 0.0473. The molecular weight excluding hydrogens is 190 g/mol. The second-order valence-electron chi connectivity index (χ2n) is 3.13. The molecule has 1 atom stereocenters. The zero-order valence-electron chi connectivity index (χ0n) is 8.05. The molecule has 1 unspecified atom stereocenters. The quantitative estimate of drug-likeness (QED) is 0.488. The normalized spacial score (nSPS) is 12.5. The molecule has 4 heteroatoms. The number of hydrogen-bond donors (Lipinski definition) is 2. The highest BCUT2D eigenvalue weighted by Crippen LogP contribution is 1.98. The van der Waals surface area contributed by atoms with Crippen molar-refractivity contribution in [1.29, 1.82) is 0 Å². The molecule has 0 aliphatic heterocycles. The third-order valence-electron chi connectivity index (χ3n) is 1.76. The molecule has 1 amide bonds. The summed E-state index contributed by atoms with van der Waals surface area (Å²) in [7, 11) is 0. The summed E-state index contributed by atoms with van der Waals surface area (Å²) in [4.78, 5) is 11.2. The second-order valence-corrected chi connectivity index (χ2v) is 3.50. The fourth-order valence-corrected chi connectivity index (χ4v) is 1.18. The molecule has 2 N–H and O–H groups in total. The molecule has 0 radical (unpaired) electrons. The van der Waals surface area contributed by atoms with Crippen LogP contribution in [0.5, 0.6) is 0 Å². The Balaban J connectivity index is 3.38. The first-order valence-corrected chi connectivity index (χ1v) is 5.20. The maximum Gasteiger partial charge on any atom is 0.220 e. The topological polar surface area (TPSA) is 49.3 Å². The summed E-state index contributed by atoms with van der Waals surface area (Å²) in [6.07, 6.45) is 2.86. The lowest BCUT2D eigenvalue weighted by Crippen LogP contribution is -2.32. The molecule has 0 bridgehead atoms. The predicted molar refractivity (Wildman–Crippen MR) is 53.9 cm³/mol. The van der Waals surface area contributed by atoms with Gasteiger partial charge in [0.1, 0.15) is 0 Å². The van der Waals surface area contributed by atoms with Gasteiger partial charge in [-0.3, -0.25) is 4.79 Å². The Morgan fingerprint density at radius 1 is 1.54 bits per heavy atom. The lowest BCUT2D eigenvalue weighted by atomic mass is 10.2. The van der Waals surface area contributed by atoms with Crippen molar-refractivity contribution in [2.24, 2.45) is 0 Å². The average Bonchev–Trinajstić information content (AvgIpc) is 2.05. The number of aliphatic hydroxyl groups excluding tert-OH is 1. The number of nitrogens with one attached hydrogen (secondary N) is 1. The van der Waals surface area contributed by atoms with Crippen LogP contribution in [-0.4, -0.2) is 29.5 Å². The molecular formula is C9H18ClNO2. The van der Waals surface area contributed by atoms with E-state index in [1.54, 1.807) is 0 Å². The summed E-state index contributed by atoms with van der Waals surface area (Å²) >= 11 is 5.48. The fourth-order valence-electron chi connectivity index (χ4n) is 0.993. The van der Waals surface area contributed by atoms with Gasteiger partial charge >= 0.3 is 0 Å². The van der Waals surface area contributed by atoms with Gasteiger partial charge in [-0.2, -0.15) is 0 Å². The largest absolute Gasteiger partial charge is 0.396 e. The summed E-state index contributed by atoms with van der Waals surface area (Å²) in [6, 6.07) is 0.0634. The van der Waals surface area contributed by atoms with Crippen molar-refractivity contribution in [1.82, 2.24) is 5.32 Å². The lowest BCUT2D eigenvalue weighted by Gasteiger charge is -2.11. The minimum Gasteiger partial charge on any atom is -0.396 e. The third kappa shape index (κ3) is 8.06. The van der Waals surface area contributed by atoms with E-state index in [2.05, 4.69) is 5.32 Å². The SMILES string of the molecule is CC(CCO)NC(=O)CCCCCl. The molecule has 3 nitrogen and oxygen atoms in total. The maximum absolute atomic E-state index is 11.2. The first-order chi connectivity index (χ1) is 6.20. The monoisotopic (exact) mass is 207 g/mol. The van der Waals surface area contributed by atoms with Crippen molar-refractivity contribution in [3.63, 3.8) is 0 Å². The average molecular weight is 208 g/mol. The highest BCUT2D eigenvalue weighted by molar-refractivity contribution is 6.17. The van der Waals surface area contributed by atoms with Gasteiger partial charge in [-0.1, -0.05) is 0 Å². The summed E-state index contributed by atoms with van der Waals surface area (Å²) in [5, 5.41) is 11.4. The third-order valence-corrected chi connectivity index (χ3v) is 2.02. The molecule has 0 rings (SSSR count). The van der Waals surface area contributed by atoms with E-state index in [9.17, 15) is 4.79 Å². The molecule has 0 aliphatic rings. The summed E-state index contributed by atoms with van der Waals surface area (Å²) in [5.74, 6) is 0.658. The molecule has 0 aromatic carbocycles. The maximum atomic E-state index is 11.2. The van der Waals surface area contributed by atoms with Crippen molar-refractivity contribution < 1.29 is 9.90 Å². The van der Waals surface area contributed by atoms with E-state index in [1.807, 2.05) is 6.92 Å². The van der Waals surface area contributed by atoms with E-state index in [1.165, 1.54) is 0 Å². The van der Waals surface area contributed by atoms with Gasteiger partial charge in [0.25, 0.3) is 0 Å². The van der Waals surface area contributed by atoms with E-state index in [-0.39, 0.29) is 18.6 Å². The molecule has 0 fully saturated rings. The van der Waals surface area contributed by atoms with Crippen molar-refractivity contribution in [3.8, 4) is 0 Å². The van der Waals surface area contributed by atoms with Gasteiger partial charge in [-0.25, -0.2) is 0 Å². The van der Waals surface area contributed by atoms with Crippen molar-refractivity contribution >= 4 is 17.5 Å². The first-order valence-electron chi connectivity index (χ1n) is 4.67. The Hall–Kier alpha value is -0.280. The highest BCUT2D eigenvalue weighted by Gasteiger charge is 2.05. The molecule has 0 aliphatic carbocycles. The van der Waals surface area contributed by atoms with Gasteiger partial charge in [-0.05, 0) is 26.2 Å². The molecule has 13 heavy (non-hydrogen) atoms. The standard InChI is InChI=1S/C9H18ClNO2/c1-8(5-7-12)11-9(13)4-2-3-6-10/h8,12H,2-7H2,1H3,(H,11,13). The van der Waals surface area contributed by atoms with E-state index in [0.29, 0.717) is 18.7 Å². The van der Waals surface area contributed by atoms with Crippen molar-refractivity contribution in [3.05, 3.63) is 0 Å². The van der Waals surface area contributed by atoms with Gasteiger partial charge in [0, 0.05) is 24.9 Å². The van der Waals surface area contributed by atoms with Gasteiger partial charge in [0.2, 0.25) is 5.91 Å². The zero-order chi connectivity index (χ0) is 10.1. The number of amides is 1. The van der Waals surface area contributed by atoms with Crippen LogP contribution >= 0.6 is 11.6 Å². The molecule has 0 aromatic rings. The number of alkyl halides is 1. The number of carbonyl (C=O) groups excluding carboxylic acids is 1. The number of halogens is 1. The van der Waals surface area contributed by atoms with Crippen LogP contribution in [0.15, 0.2) is 0 Å². The smallest absolute Gasteiger partial charge is 0.220 e. The fraction of sp³-hybridized carbons (Fsp3) is 0.889. The van der Waals surface area contributed by atoms with Crippen LogP contribution in [0.25, 0.3) is 0 Å². The molecule has 0 saturated heterocycles. The van der Waals surface area contributed by atoms with Crippen LogP contribution in [0.4, 0.5) is 0 Å². The van der Waals surface area contributed by atoms with Crippen LogP contribution in [0.3, 0.4) is 0 Å². The number of unbranched alkanes of at least 4 members (excludes halogenated alkanes) is 1. The van der Waals surface area contributed by atoms with Crippen LogP contribution in [0.2, 0.25) is 0 Å². The summed E-state index contributed by atoms with van der Waals surface area (Å²) in [5.41, 5.74) is 0. The Bertz CT molecular complexity index is 142. The van der Waals surface area contributed by atoms with Gasteiger partial charge < -0.3 is 10.4 Å². The Labute approximate surface area is 84.5 Å². The number of aliphatic hydroxyl groups is 1. The highest BCUT2D eigenvalue weighted by atomic mass is 35.5. The molecule has 0 aromatic heterocycles. The number of rotatable bonds is 7. The van der Waals surface area contributed by atoms with Gasteiger partial charge in [-0.15, -0.1) is 11.6 Å². The van der Waals surface area contributed by atoms with E-state index >= 15 is 0 Å². The predicted octanol–water partition coefficient (Wildman–Crippen LogP) is 1.28. The molecule has 78 valence electrons. The molecule has 0 saturated carbocycles. The van der Waals surface area contributed by atoms with E-state index < -0.39 is 0 Å². The Kier molecular flexibility index (Phi) is 8.14. The van der Waals surface area contributed by atoms with Crippen LogP contribution in [0, 0.1) is 0 Å².